The normalized spacial score (nSPS) is 10.1. The Kier molecular flexibility index (Phi) is 10.8. The number of benzene rings is 3. The maximum absolute atomic E-state index is 4.55. The van der Waals surface area contributed by atoms with Crippen LogP contribution in [0.15, 0.2) is 72.8 Å². The van der Waals surface area contributed by atoms with Gasteiger partial charge in [-0.2, -0.15) is 5.75 Å². The first-order chi connectivity index (χ1) is 15.3. The van der Waals surface area contributed by atoms with E-state index in [4.69, 9.17) is 0 Å². The Morgan fingerprint density at radius 2 is 0.750 bits per heavy atom. The summed E-state index contributed by atoms with van der Waals surface area (Å²) >= 11 is 2.31. The molecule has 0 saturated carbocycles. The Bertz CT molecular complexity index is 796. The van der Waals surface area contributed by atoms with Crippen molar-refractivity contribution in [3.8, 4) is 0 Å². The molecule has 32 heavy (non-hydrogen) atoms. The van der Waals surface area contributed by atoms with Crippen LogP contribution >= 0.6 is 0 Å². The van der Waals surface area contributed by atoms with Gasteiger partial charge in [-0.15, -0.1) is 0 Å². The average molecular weight is 554 g/mol. The van der Waals surface area contributed by atoms with Crippen LogP contribution in [0.3, 0.4) is 0 Å². The zero-order valence-electron chi connectivity index (χ0n) is 20.6. The molecule has 0 aliphatic carbocycles. The number of rotatable bonds is 7. The van der Waals surface area contributed by atoms with Crippen LogP contribution in [-0.4, -0.2) is 67.8 Å². The minimum absolute atomic E-state index is 0.903. The fourth-order valence-corrected chi connectivity index (χ4v) is 10.4. The van der Waals surface area contributed by atoms with Crippen LogP contribution in [0.2, 0.25) is 0 Å². The summed E-state index contributed by atoms with van der Waals surface area (Å²) < 4.78 is 4.51. The Morgan fingerprint density at radius 3 is 0.906 bits per heavy atom. The van der Waals surface area contributed by atoms with Gasteiger partial charge >= 0.3 is 177 Å². The number of hydrogen-bond acceptors (Lipinski definition) is 4. The summed E-state index contributed by atoms with van der Waals surface area (Å²) in [4.78, 5) is 6.47. The first-order valence-electron chi connectivity index (χ1n) is 11.1. The van der Waals surface area contributed by atoms with Crippen molar-refractivity contribution in [2.45, 2.75) is 13.3 Å². The van der Waals surface area contributed by atoms with Crippen LogP contribution < -0.4 is 25.4 Å². The molecule has 0 fully saturated rings. The van der Waals surface area contributed by atoms with E-state index in [2.05, 4.69) is 149 Å². The van der Waals surface area contributed by atoms with E-state index in [1.807, 2.05) is 0 Å². The summed E-state index contributed by atoms with van der Waals surface area (Å²) in [5.41, 5.74) is 3.74. The van der Waals surface area contributed by atoms with Crippen molar-refractivity contribution >= 4 is 60.2 Å². The summed E-state index contributed by atoms with van der Waals surface area (Å²) in [7, 11) is 12.6. The van der Waals surface area contributed by atoms with Crippen molar-refractivity contribution in [3.05, 3.63) is 72.8 Å². The fourth-order valence-electron chi connectivity index (χ4n) is 3.28. The molecule has 0 radical (unpaired) electrons. The van der Waals surface area contributed by atoms with E-state index in [1.54, 1.807) is 0 Å². The Morgan fingerprint density at radius 1 is 0.531 bits per heavy atom. The van der Waals surface area contributed by atoms with Gasteiger partial charge in [0, 0.05) is 0 Å². The van der Waals surface area contributed by atoms with Gasteiger partial charge in [-0.1, -0.05) is 13.3 Å². The van der Waals surface area contributed by atoms with E-state index >= 15 is 0 Å². The van der Waals surface area contributed by atoms with E-state index in [1.165, 1.54) is 27.8 Å². The van der Waals surface area contributed by atoms with Crippen molar-refractivity contribution in [3.63, 3.8) is 0 Å². The van der Waals surface area contributed by atoms with Crippen LogP contribution in [0.25, 0.3) is 0 Å². The number of nitrogens with zero attached hydrogens (tertiary/aromatic N) is 3. The predicted molar refractivity (Wildman–Crippen MR) is 149 cm³/mol. The second kappa shape index (κ2) is 13.0. The quantitative estimate of drug-likeness (QED) is 0.328. The molecule has 0 heterocycles. The molecule has 0 saturated heterocycles. The summed E-state index contributed by atoms with van der Waals surface area (Å²) in [5.74, 6) is 0.903. The molecule has 0 aliphatic heterocycles. The number of hydrogen-bond donors (Lipinski definition) is 0. The van der Waals surface area contributed by atoms with Gasteiger partial charge in [-0.3, -0.25) is 0 Å². The van der Waals surface area contributed by atoms with E-state index in [-0.39, 0.29) is 0 Å². The van der Waals surface area contributed by atoms with Gasteiger partial charge in [-0.05, 0) is 0 Å². The molecule has 0 unspecified atom stereocenters. The molecule has 3 aromatic carbocycles. The third kappa shape index (κ3) is 7.38. The molecule has 0 aliphatic rings. The molecule has 170 valence electrons. The predicted octanol–water partition coefficient (Wildman–Crippen LogP) is 3.34. The van der Waals surface area contributed by atoms with Gasteiger partial charge in [-0.25, -0.2) is 0 Å². The van der Waals surface area contributed by atoms with Gasteiger partial charge in [0.05, 0.1) is 0 Å². The Balaban J connectivity index is 0.000000837. The van der Waals surface area contributed by atoms with E-state index < -0.39 is 19.8 Å². The summed E-state index contributed by atoms with van der Waals surface area (Å²) in [6, 6.07) is 27.5. The first kappa shape index (κ1) is 26.5. The molecule has 3 nitrogen and oxygen atoms in total. The van der Waals surface area contributed by atoms with Crippen molar-refractivity contribution in [2.24, 2.45) is 0 Å². The van der Waals surface area contributed by atoms with Crippen molar-refractivity contribution in [1.29, 1.82) is 0 Å². The summed E-state index contributed by atoms with van der Waals surface area (Å²) in [6.07, 6.45) is 1.13. The molecule has 0 aromatic heterocycles. The molecular weight excluding hydrogens is 517 g/mol. The standard InChI is InChI=1S/3C8H10N.C3H8S.Sn/c3*1-9(2)8-6-4-3-5-7-8;1-2-3-4;/h3*4-7H,1-2H3;4H,2-3H2,1H3;/q;;;;+1/p-1. The topological polar surface area (TPSA) is 9.72 Å². The summed E-state index contributed by atoms with van der Waals surface area (Å²) in [5, 5.41) is 0. The molecular formula is C27H37N3SSn. The zero-order valence-corrected chi connectivity index (χ0v) is 24.3. The third-order valence-corrected chi connectivity index (χ3v) is 13.4. The van der Waals surface area contributed by atoms with Gasteiger partial charge in [0.15, 0.2) is 0 Å². The van der Waals surface area contributed by atoms with Crippen LogP contribution in [0.4, 0.5) is 17.1 Å². The van der Waals surface area contributed by atoms with E-state index in [9.17, 15) is 0 Å². The van der Waals surface area contributed by atoms with Gasteiger partial charge in [0.1, 0.15) is 0 Å². The molecule has 0 spiro atoms. The fraction of sp³-hybridized carbons (Fsp3) is 0.333. The molecule has 0 atom stereocenters. The molecule has 3 rings (SSSR count). The SMILES string of the molecule is CCC[S-].CN(C)c1cc[c]([Sn+]([c]2ccc(N(C)C)cc2)[c]2ccc(N(C)C)cc2)cc1. The van der Waals surface area contributed by atoms with Crippen molar-refractivity contribution in [1.82, 2.24) is 0 Å². The van der Waals surface area contributed by atoms with Crippen molar-refractivity contribution < 1.29 is 0 Å². The molecule has 5 heteroatoms. The molecule has 0 bridgehead atoms. The average Bonchev–Trinajstić information content (AvgIpc) is 2.80. The first-order valence-corrected chi connectivity index (χ1v) is 15.9. The second-order valence-electron chi connectivity index (χ2n) is 8.40. The van der Waals surface area contributed by atoms with E-state index in [0.29, 0.717) is 0 Å². The monoisotopic (exact) mass is 555 g/mol. The molecule has 0 N–H and O–H groups in total. The zero-order chi connectivity index (χ0) is 23.7. The van der Waals surface area contributed by atoms with Gasteiger partial charge in [0.25, 0.3) is 0 Å². The van der Waals surface area contributed by atoms with Crippen LogP contribution in [0.5, 0.6) is 0 Å². The molecule has 3 aromatic rings. The Hall–Kier alpha value is -1.79. The summed E-state index contributed by atoms with van der Waals surface area (Å²) in [6.45, 7) is 2.08. The maximum atomic E-state index is 4.55. The third-order valence-electron chi connectivity index (χ3n) is 5.22. The van der Waals surface area contributed by atoms with Crippen molar-refractivity contribution in [2.75, 3.05) is 62.7 Å². The Labute approximate surface area is 208 Å². The van der Waals surface area contributed by atoms with Gasteiger partial charge < -0.3 is 12.6 Å². The number of anilines is 3. The van der Waals surface area contributed by atoms with Crippen LogP contribution in [-0.2, 0) is 12.6 Å². The van der Waals surface area contributed by atoms with E-state index in [0.717, 1.165) is 12.2 Å². The molecule has 0 amide bonds. The minimum atomic E-state index is -2.24. The van der Waals surface area contributed by atoms with Crippen LogP contribution in [0.1, 0.15) is 13.3 Å². The second-order valence-corrected chi connectivity index (χ2v) is 15.9. The van der Waals surface area contributed by atoms with Gasteiger partial charge in [0.2, 0.25) is 0 Å². The van der Waals surface area contributed by atoms with Crippen LogP contribution in [0, 0.1) is 0 Å².